The van der Waals surface area contributed by atoms with E-state index < -0.39 is 23.4 Å². The first-order chi connectivity index (χ1) is 16.4. The molecule has 0 radical (unpaired) electrons. The van der Waals surface area contributed by atoms with E-state index in [0.29, 0.717) is 16.8 Å². The number of nitrogens with one attached hydrogen (secondary N) is 2. The van der Waals surface area contributed by atoms with Crippen LogP contribution in [0, 0.1) is 13.8 Å². The predicted molar refractivity (Wildman–Crippen MR) is 130 cm³/mol. The van der Waals surface area contributed by atoms with E-state index in [1.165, 1.54) is 11.1 Å². The van der Waals surface area contributed by atoms with Crippen molar-refractivity contribution in [3.63, 3.8) is 0 Å². The summed E-state index contributed by atoms with van der Waals surface area (Å²) in [6, 6.07) is 20.2. The smallest absolute Gasteiger partial charge is 0.325 e. The average molecular weight is 454 g/mol. The predicted octanol–water partition coefficient (Wildman–Crippen LogP) is 4.23. The molecule has 0 bridgehead atoms. The van der Waals surface area contributed by atoms with Gasteiger partial charge in [0.15, 0.2) is 5.54 Å². The molecule has 4 amide bonds. The molecular formula is C28H27N3O3. The fourth-order valence-electron chi connectivity index (χ4n) is 4.93. The number of hydrogen-bond acceptors (Lipinski definition) is 3. The number of aryl methyl sites for hydroxylation is 4. The third-order valence-corrected chi connectivity index (χ3v) is 6.94. The van der Waals surface area contributed by atoms with Crippen LogP contribution in [0.25, 0.3) is 0 Å². The maximum absolute atomic E-state index is 13.8. The zero-order valence-electron chi connectivity index (χ0n) is 19.4. The number of anilines is 1. The number of nitrogens with zero attached hydrogens (tertiary/aromatic N) is 1. The average Bonchev–Trinajstić information content (AvgIpc) is 3.39. The van der Waals surface area contributed by atoms with E-state index >= 15 is 0 Å². The number of carbonyl (C=O) groups is 3. The third-order valence-electron chi connectivity index (χ3n) is 6.94. The van der Waals surface area contributed by atoms with Gasteiger partial charge in [0.2, 0.25) is 5.91 Å². The maximum Gasteiger partial charge on any atom is 0.326 e. The monoisotopic (exact) mass is 453 g/mol. The molecular weight excluding hydrogens is 426 g/mol. The van der Waals surface area contributed by atoms with Crippen molar-refractivity contribution in [2.45, 2.75) is 38.6 Å². The summed E-state index contributed by atoms with van der Waals surface area (Å²) < 4.78 is 0. The van der Waals surface area contributed by atoms with E-state index in [2.05, 4.69) is 10.6 Å². The van der Waals surface area contributed by atoms with Crippen molar-refractivity contribution in [3.8, 4) is 0 Å². The van der Waals surface area contributed by atoms with Crippen LogP contribution in [-0.2, 0) is 28.0 Å². The van der Waals surface area contributed by atoms with Gasteiger partial charge >= 0.3 is 6.03 Å². The van der Waals surface area contributed by atoms with Crippen molar-refractivity contribution in [1.82, 2.24) is 10.2 Å². The molecule has 2 N–H and O–H groups in total. The summed E-state index contributed by atoms with van der Waals surface area (Å²) in [6.07, 6.45) is 3.18. The summed E-state index contributed by atoms with van der Waals surface area (Å²) in [5.41, 5.74) is 5.28. The second kappa shape index (κ2) is 8.45. The van der Waals surface area contributed by atoms with Crippen molar-refractivity contribution in [3.05, 3.63) is 100 Å². The minimum Gasteiger partial charge on any atom is -0.325 e. The van der Waals surface area contributed by atoms with E-state index in [1.807, 2.05) is 80.6 Å². The van der Waals surface area contributed by atoms with Crippen molar-refractivity contribution >= 4 is 23.5 Å². The number of urea groups is 1. The van der Waals surface area contributed by atoms with Crippen molar-refractivity contribution < 1.29 is 14.4 Å². The standard InChI is InChI=1S/C28H27N3O3/c1-18-11-13-23(15-19(18)2)28(22-9-4-3-5-10-22)26(33)31(27(34)30-28)17-25(32)29-24-14-12-20-7-6-8-21(20)16-24/h3-5,9-16H,6-8,17H2,1-2H3,(H,29,32)(H,30,34). The molecule has 0 saturated carbocycles. The highest BCUT2D eigenvalue weighted by molar-refractivity contribution is 6.12. The molecule has 34 heavy (non-hydrogen) atoms. The normalized spacial score (nSPS) is 19.2. The number of hydrogen-bond donors (Lipinski definition) is 2. The lowest BCUT2D eigenvalue weighted by molar-refractivity contribution is -0.133. The van der Waals surface area contributed by atoms with Crippen LogP contribution in [0.5, 0.6) is 0 Å². The molecule has 1 heterocycles. The van der Waals surface area contributed by atoms with Crippen molar-refractivity contribution in [2.24, 2.45) is 0 Å². The molecule has 3 aromatic carbocycles. The van der Waals surface area contributed by atoms with Gasteiger partial charge in [0.25, 0.3) is 5.91 Å². The van der Waals surface area contributed by atoms with Crippen molar-refractivity contribution in [2.75, 3.05) is 11.9 Å². The Morgan fingerprint density at radius 1 is 0.912 bits per heavy atom. The van der Waals surface area contributed by atoms with Gasteiger partial charge in [-0.25, -0.2) is 4.79 Å². The molecule has 5 rings (SSSR count). The second-order valence-corrected chi connectivity index (χ2v) is 9.12. The van der Waals surface area contributed by atoms with E-state index in [4.69, 9.17) is 0 Å². The molecule has 1 aliphatic carbocycles. The summed E-state index contributed by atoms with van der Waals surface area (Å²) in [7, 11) is 0. The van der Waals surface area contributed by atoms with Crippen LogP contribution in [0.15, 0.2) is 66.7 Å². The highest BCUT2D eigenvalue weighted by atomic mass is 16.2. The SMILES string of the molecule is Cc1ccc(C2(c3ccccc3)NC(=O)N(CC(=O)Nc3ccc4c(c3)CCC4)C2=O)cc1C. The quantitative estimate of drug-likeness (QED) is 0.568. The highest BCUT2D eigenvalue weighted by Crippen LogP contribution is 2.37. The first-order valence-corrected chi connectivity index (χ1v) is 11.6. The molecule has 1 saturated heterocycles. The van der Waals surface area contributed by atoms with E-state index in [9.17, 15) is 14.4 Å². The van der Waals surface area contributed by atoms with Gasteiger partial charge in [-0.1, -0.05) is 54.6 Å². The van der Waals surface area contributed by atoms with Gasteiger partial charge in [-0.05, 0) is 78.6 Å². The van der Waals surface area contributed by atoms with Crippen LogP contribution in [0.4, 0.5) is 10.5 Å². The molecule has 1 fully saturated rings. The summed E-state index contributed by atoms with van der Waals surface area (Å²) >= 11 is 0. The van der Waals surface area contributed by atoms with E-state index in [0.717, 1.165) is 35.3 Å². The molecule has 0 aromatic heterocycles. The molecule has 1 aliphatic heterocycles. The van der Waals surface area contributed by atoms with Crippen LogP contribution >= 0.6 is 0 Å². The van der Waals surface area contributed by atoms with Gasteiger partial charge in [0.1, 0.15) is 6.54 Å². The largest absolute Gasteiger partial charge is 0.326 e. The number of fused-ring (bicyclic) bond motifs is 1. The lowest BCUT2D eigenvalue weighted by Gasteiger charge is -2.28. The second-order valence-electron chi connectivity index (χ2n) is 9.12. The summed E-state index contributed by atoms with van der Waals surface area (Å²) in [5.74, 6) is -0.874. The summed E-state index contributed by atoms with van der Waals surface area (Å²) in [5, 5.41) is 5.76. The first-order valence-electron chi connectivity index (χ1n) is 11.6. The summed E-state index contributed by atoms with van der Waals surface area (Å²) in [4.78, 5) is 40.8. The molecule has 1 unspecified atom stereocenters. The Hall–Kier alpha value is -3.93. The Labute approximate surface area is 199 Å². The van der Waals surface area contributed by atoms with Gasteiger partial charge in [0.05, 0.1) is 0 Å². The zero-order valence-corrected chi connectivity index (χ0v) is 19.4. The molecule has 6 heteroatoms. The summed E-state index contributed by atoms with van der Waals surface area (Å²) in [6.45, 7) is 3.61. The van der Waals surface area contributed by atoms with Crippen LogP contribution < -0.4 is 10.6 Å². The van der Waals surface area contributed by atoms with Gasteiger partial charge in [-0.3, -0.25) is 14.5 Å². The third kappa shape index (κ3) is 3.65. The molecule has 6 nitrogen and oxygen atoms in total. The number of benzene rings is 3. The van der Waals surface area contributed by atoms with Crippen LogP contribution in [0.3, 0.4) is 0 Å². The fourth-order valence-corrected chi connectivity index (χ4v) is 4.93. The van der Waals surface area contributed by atoms with Gasteiger partial charge < -0.3 is 10.6 Å². The topological polar surface area (TPSA) is 78.5 Å². The maximum atomic E-state index is 13.8. The molecule has 172 valence electrons. The van der Waals surface area contributed by atoms with E-state index in [1.54, 1.807) is 0 Å². The molecule has 1 atom stereocenters. The van der Waals surface area contributed by atoms with Crippen LogP contribution in [0.1, 0.15) is 39.8 Å². The van der Waals surface area contributed by atoms with Crippen molar-refractivity contribution in [1.29, 1.82) is 0 Å². The number of imide groups is 1. The molecule has 3 aromatic rings. The number of rotatable bonds is 5. The first kappa shape index (κ1) is 21.9. The minimum absolute atomic E-state index is 0.360. The van der Waals surface area contributed by atoms with Gasteiger partial charge in [0, 0.05) is 5.69 Å². The molecule has 2 aliphatic rings. The number of carbonyl (C=O) groups excluding carboxylic acids is 3. The Morgan fingerprint density at radius 3 is 2.44 bits per heavy atom. The van der Waals surface area contributed by atoms with Crippen LogP contribution in [0.2, 0.25) is 0 Å². The Bertz CT molecular complexity index is 1300. The van der Waals surface area contributed by atoms with Crippen LogP contribution in [-0.4, -0.2) is 29.3 Å². The van der Waals surface area contributed by atoms with Gasteiger partial charge in [-0.2, -0.15) is 0 Å². The van der Waals surface area contributed by atoms with E-state index in [-0.39, 0.29) is 6.54 Å². The Morgan fingerprint density at radius 2 is 1.68 bits per heavy atom. The Kier molecular flexibility index (Phi) is 5.44. The van der Waals surface area contributed by atoms with Gasteiger partial charge in [-0.15, -0.1) is 0 Å². The Balaban J connectivity index is 1.44. The highest BCUT2D eigenvalue weighted by Gasteiger charge is 2.54. The zero-order chi connectivity index (χ0) is 23.9. The fraction of sp³-hybridized carbons (Fsp3) is 0.250. The minimum atomic E-state index is -1.38. The molecule has 0 spiro atoms. The lowest BCUT2D eigenvalue weighted by atomic mass is 9.81. The lowest BCUT2D eigenvalue weighted by Crippen LogP contribution is -2.45. The number of amides is 4.